The van der Waals surface area contributed by atoms with Crippen LogP contribution in [0.25, 0.3) is 5.57 Å². The van der Waals surface area contributed by atoms with Crippen molar-refractivity contribution in [2.45, 2.75) is 69.7 Å². The predicted octanol–water partition coefficient (Wildman–Crippen LogP) is 6.15. The molecule has 2 aliphatic heterocycles. The second-order valence-corrected chi connectivity index (χ2v) is 17.0. The summed E-state index contributed by atoms with van der Waals surface area (Å²) >= 11 is 0. The van der Waals surface area contributed by atoms with Gasteiger partial charge in [0.25, 0.3) is 0 Å². The first-order valence-electron chi connectivity index (χ1n) is 19.9. The number of alkyl halides is 2. The number of nitrogens with two attached hydrogens (primary N) is 1. The molecule has 2 heterocycles. The summed E-state index contributed by atoms with van der Waals surface area (Å²) in [5.74, 6) is -3.95. The number of carbonyl (C=O) groups is 6. The van der Waals surface area contributed by atoms with E-state index in [1.54, 1.807) is 50.2 Å². The minimum absolute atomic E-state index is 0.0727. The maximum atomic E-state index is 16.2. The highest BCUT2D eigenvalue weighted by atomic mass is 31.2. The Morgan fingerprint density at radius 1 is 0.841 bits per heavy atom. The Bertz CT molecular complexity index is 2370. The van der Waals surface area contributed by atoms with Crippen LogP contribution in [0.3, 0.4) is 0 Å². The number of aryl methyl sites for hydroxylation is 1. The SMILES string of the molecule is C/C(=C\C(=O)N[C@H]1CCc2cccc3c2N(C1=O)C(C(=O)NC(C)CCC(N)=O)C3)c1ccc(C(F)(F)P(=O)(OCOC(=O)c2ccccc2)OCOC(=O)c2ccccc2)cc1. The summed E-state index contributed by atoms with van der Waals surface area (Å²) in [5, 5.41) is 5.61. The smallest absolute Gasteiger partial charge is 0.410 e. The fourth-order valence-electron chi connectivity index (χ4n) is 7.14. The number of nitrogens with zero attached hydrogens (tertiary/aromatic N) is 1. The van der Waals surface area contributed by atoms with E-state index < -0.39 is 86.1 Å². The third kappa shape index (κ3) is 10.9. The van der Waals surface area contributed by atoms with E-state index in [4.69, 9.17) is 24.3 Å². The lowest BCUT2D eigenvalue weighted by atomic mass is 10.0. The predicted molar refractivity (Wildman–Crippen MR) is 225 cm³/mol. The number of ether oxygens (including phenoxy) is 2. The summed E-state index contributed by atoms with van der Waals surface area (Å²) in [4.78, 5) is 78.6. The first-order chi connectivity index (χ1) is 30.1. The molecule has 4 N–H and O–H groups in total. The molecule has 4 amide bonds. The number of primary amides is 1. The second-order valence-electron chi connectivity index (χ2n) is 14.9. The molecule has 2 aliphatic rings. The maximum Gasteiger partial charge on any atom is 0.410 e. The fourth-order valence-corrected chi connectivity index (χ4v) is 8.39. The van der Waals surface area contributed by atoms with E-state index >= 15 is 8.78 Å². The van der Waals surface area contributed by atoms with Gasteiger partial charge >= 0.3 is 25.2 Å². The minimum Gasteiger partial charge on any atom is -0.434 e. The van der Waals surface area contributed by atoms with Crippen LogP contribution in [0, 0.1) is 0 Å². The monoisotopic (exact) mass is 886 g/mol. The summed E-state index contributed by atoms with van der Waals surface area (Å²) in [6, 6.07) is 22.7. The van der Waals surface area contributed by atoms with Crippen LogP contribution in [0.2, 0.25) is 0 Å². The number of anilines is 1. The van der Waals surface area contributed by atoms with Crippen LogP contribution in [-0.4, -0.2) is 67.3 Å². The number of benzene rings is 4. The molecule has 0 bridgehead atoms. The lowest BCUT2D eigenvalue weighted by molar-refractivity contribution is -0.128. The zero-order chi connectivity index (χ0) is 45.3. The van der Waals surface area contributed by atoms with E-state index in [-0.39, 0.29) is 30.4 Å². The summed E-state index contributed by atoms with van der Waals surface area (Å²) in [6.07, 6.45) is 2.52. The van der Waals surface area contributed by atoms with Gasteiger partial charge in [0.15, 0.2) is 0 Å². The van der Waals surface area contributed by atoms with E-state index in [0.29, 0.717) is 29.7 Å². The summed E-state index contributed by atoms with van der Waals surface area (Å²) in [6.45, 7) is 0.869. The van der Waals surface area contributed by atoms with Crippen molar-refractivity contribution >= 4 is 54.4 Å². The molecule has 0 radical (unpaired) electrons. The number of para-hydroxylation sites is 1. The van der Waals surface area contributed by atoms with E-state index in [2.05, 4.69) is 10.6 Å². The lowest BCUT2D eigenvalue weighted by Gasteiger charge is -2.28. The molecule has 0 aliphatic carbocycles. The van der Waals surface area contributed by atoms with Crippen molar-refractivity contribution in [3.63, 3.8) is 0 Å². The molecule has 18 heteroatoms. The molecule has 0 fully saturated rings. The normalized spacial score (nSPS) is 16.6. The van der Waals surface area contributed by atoms with Crippen LogP contribution in [0.1, 0.15) is 76.1 Å². The Balaban J connectivity index is 1.14. The molecule has 4 aromatic carbocycles. The van der Waals surface area contributed by atoms with E-state index in [9.17, 15) is 33.3 Å². The zero-order valence-electron chi connectivity index (χ0n) is 34.3. The molecule has 15 nitrogen and oxygen atoms in total. The Hall–Kier alpha value is -6.55. The van der Waals surface area contributed by atoms with Crippen LogP contribution in [-0.2, 0) is 60.8 Å². The van der Waals surface area contributed by atoms with Crippen molar-refractivity contribution in [3.8, 4) is 0 Å². The van der Waals surface area contributed by atoms with Crippen molar-refractivity contribution < 1.29 is 60.6 Å². The molecule has 0 aromatic heterocycles. The number of esters is 2. The first-order valence-corrected chi connectivity index (χ1v) is 21.5. The van der Waals surface area contributed by atoms with Gasteiger partial charge in [-0.3, -0.25) is 37.7 Å². The maximum absolute atomic E-state index is 16.2. The van der Waals surface area contributed by atoms with E-state index in [0.717, 1.165) is 23.3 Å². The molecule has 3 atom stereocenters. The largest absolute Gasteiger partial charge is 0.434 e. The quantitative estimate of drug-likeness (QED) is 0.0446. The number of rotatable bonds is 18. The van der Waals surface area contributed by atoms with Gasteiger partial charge in [-0.15, -0.1) is 0 Å². The zero-order valence-corrected chi connectivity index (χ0v) is 35.2. The summed E-state index contributed by atoms with van der Waals surface area (Å²) in [7, 11) is -5.63. The summed E-state index contributed by atoms with van der Waals surface area (Å²) < 4.78 is 66.0. The third-order valence-electron chi connectivity index (χ3n) is 10.5. The number of allylic oxidation sites excluding steroid dienone is 1. The van der Waals surface area contributed by atoms with Gasteiger partial charge in [-0.05, 0) is 79.6 Å². The molecule has 6 rings (SSSR count). The van der Waals surface area contributed by atoms with Crippen LogP contribution in [0.15, 0.2) is 109 Å². The molecule has 330 valence electrons. The molecule has 4 aromatic rings. The Morgan fingerprint density at radius 3 is 1.98 bits per heavy atom. The second kappa shape index (κ2) is 20.1. The Kier molecular flexibility index (Phi) is 14.7. The van der Waals surface area contributed by atoms with Gasteiger partial charge in [0.1, 0.15) is 12.1 Å². The molecule has 0 spiro atoms. The average molecular weight is 887 g/mol. The van der Waals surface area contributed by atoms with Crippen LogP contribution in [0.5, 0.6) is 0 Å². The molecule has 2 unspecified atom stereocenters. The highest BCUT2D eigenvalue weighted by molar-refractivity contribution is 7.54. The highest BCUT2D eigenvalue weighted by Crippen LogP contribution is 2.67. The molecule has 0 saturated carbocycles. The Labute approximate surface area is 361 Å². The number of carbonyl (C=O) groups excluding carboxylic acids is 6. The van der Waals surface area contributed by atoms with Crippen LogP contribution in [0.4, 0.5) is 14.5 Å². The highest BCUT2D eigenvalue weighted by Gasteiger charge is 2.56. The Morgan fingerprint density at radius 2 is 1.41 bits per heavy atom. The van der Waals surface area contributed by atoms with Crippen molar-refractivity contribution in [2.75, 3.05) is 18.5 Å². The van der Waals surface area contributed by atoms with Crippen molar-refractivity contribution in [2.24, 2.45) is 5.73 Å². The van der Waals surface area contributed by atoms with Gasteiger partial charge in [0, 0.05) is 30.5 Å². The van der Waals surface area contributed by atoms with E-state index in [1.165, 1.54) is 47.4 Å². The van der Waals surface area contributed by atoms with Gasteiger partial charge in [0.2, 0.25) is 37.2 Å². The fraction of sp³-hybridized carbons (Fsp3) is 0.289. The van der Waals surface area contributed by atoms with Crippen LogP contribution < -0.4 is 21.3 Å². The first kappa shape index (κ1) is 46.0. The molecule has 0 saturated heterocycles. The number of hydrogen-bond donors (Lipinski definition) is 3. The van der Waals surface area contributed by atoms with Gasteiger partial charge in [-0.1, -0.05) is 78.9 Å². The molecular weight excluding hydrogens is 841 g/mol. The standard InChI is InChI=1S/C45H45F2N4O11P/c1-28(24-39(53)50-36-22-19-31-14-9-15-34-25-37(51(40(31)34)42(36)55)41(54)49-29(2)16-23-38(48)52)30-17-20-35(21-18-30)45(46,47)63(58,61-26-59-43(56)32-10-5-3-6-11-32)62-27-60-44(57)33-12-7-4-8-13-33/h3-15,17-18,20-21,24,29,36-37H,16,19,22-23,25-27H2,1-2H3,(H2,48,52)(H,49,54)(H,50,53)/b28-24+/t29?,36-,37?/m0/s1. The number of hydrogen-bond acceptors (Lipinski definition) is 11. The topological polar surface area (TPSA) is 210 Å². The molecule has 63 heavy (non-hydrogen) atoms. The lowest BCUT2D eigenvalue weighted by Crippen LogP contribution is -2.55. The van der Waals surface area contributed by atoms with E-state index in [1.807, 2.05) is 18.2 Å². The van der Waals surface area contributed by atoms with Gasteiger partial charge in [-0.2, -0.15) is 8.78 Å². The minimum atomic E-state index is -5.63. The number of nitrogens with one attached hydrogen (secondary N) is 2. The summed E-state index contributed by atoms with van der Waals surface area (Å²) in [5.41, 5.74) is 3.10. The van der Waals surface area contributed by atoms with Crippen LogP contribution >= 0.6 is 7.60 Å². The van der Waals surface area contributed by atoms with Crippen molar-refractivity contribution in [1.29, 1.82) is 0 Å². The van der Waals surface area contributed by atoms with Crippen molar-refractivity contribution in [3.05, 3.63) is 143 Å². The van der Waals surface area contributed by atoms with Gasteiger partial charge < -0.3 is 25.8 Å². The van der Waals surface area contributed by atoms with Gasteiger partial charge in [0.05, 0.1) is 16.8 Å². The number of amides is 4. The number of halogens is 2. The molecular formula is C45H45F2N4O11P. The van der Waals surface area contributed by atoms with Crippen molar-refractivity contribution in [1.82, 2.24) is 10.6 Å². The average Bonchev–Trinajstić information content (AvgIpc) is 3.62. The third-order valence-corrected chi connectivity index (χ3v) is 12.3. The van der Waals surface area contributed by atoms with Gasteiger partial charge in [-0.25, -0.2) is 9.59 Å².